The van der Waals surface area contributed by atoms with E-state index in [0.29, 0.717) is 5.69 Å². The number of halogens is 2. The molecule has 0 atom stereocenters. The molecule has 0 fully saturated rings. The summed E-state index contributed by atoms with van der Waals surface area (Å²) in [6.45, 7) is 1.91. The zero-order valence-electron chi connectivity index (χ0n) is 7.22. The molecule has 0 amide bonds. The Labute approximate surface area is 75.3 Å². The average molecular weight is 184 g/mol. The molecule has 0 bridgehead atoms. The molecule has 1 aromatic carbocycles. The molecule has 4 heteroatoms. The third-order valence-corrected chi connectivity index (χ3v) is 1.33. The van der Waals surface area contributed by atoms with E-state index in [1.165, 1.54) is 12.1 Å². The van der Waals surface area contributed by atoms with Crippen LogP contribution < -0.4 is 5.43 Å². The molecule has 0 heterocycles. The minimum atomic E-state index is -0.616. The Bertz CT molecular complexity index is 290. The number of benzene rings is 1. The van der Waals surface area contributed by atoms with Gasteiger partial charge in [0.1, 0.15) is 11.6 Å². The van der Waals surface area contributed by atoms with Crippen LogP contribution in [0.1, 0.15) is 13.3 Å². The van der Waals surface area contributed by atoms with Crippen LogP contribution in [-0.4, -0.2) is 6.21 Å². The van der Waals surface area contributed by atoms with Crippen LogP contribution in [0, 0.1) is 11.6 Å². The minimum absolute atomic E-state index is 0.308. The molecule has 0 aliphatic rings. The lowest BCUT2D eigenvalue weighted by Crippen LogP contribution is -1.91. The summed E-state index contributed by atoms with van der Waals surface area (Å²) in [6, 6.07) is 3.17. The smallest absolute Gasteiger partial charge is 0.128 e. The van der Waals surface area contributed by atoms with Crippen LogP contribution in [0.3, 0.4) is 0 Å². The van der Waals surface area contributed by atoms with E-state index in [1.807, 2.05) is 6.92 Å². The molecule has 0 radical (unpaired) electrons. The van der Waals surface area contributed by atoms with Crippen LogP contribution in [0.2, 0.25) is 0 Å². The fourth-order valence-corrected chi connectivity index (χ4v) is 0.830. The maximum atomic E-state index is 12.6. The number of hydrogen-bond acceptors (Lipinski definition) is 2. The van der Waals surface area contributed by atoms with Crippen molar-refractivity contribution >= 4 is 11.9 Å². The summed E-state index contributed by atoms with van der Waals surface area (Å²) >= 11 is 0. The van der Waals surface area contributed by atoms with Gasteiger partial charge in [-0.2, -0.15) is 5.10 Å². The van der Waals surface area contributed by atoms with Crippen molar-refractivity contribution in [2.75, 3.05) is 5.43 Å². The van der Waals surface area contributed by atoms with Gasteiger partial charge in [-0.1, -0.05) is 6.92 Å². The minimum Gasteiger partial charge on any atom is -0.279 e. The molecule has 0 aromatic heterocycles. The van der Waals surface area contributed by atoms with E-state index in [4.69, 9.17) is 0 Å². The number of hydrazone groups is 1. The molecule has 1 N–H and O–H groups in total. The fourth-order valence-electron chi connectivity index (χ4n) is 0.830. The zero-order valence-corrected chi connectivity index (χ0v) is 7.22. The molecule has 2 nitrogen and oxygen atoms in total. The first-order valence-electron chi connectivity index (χ1n) is 3.96. The highest BCUT2D eigenvalue weighted by Gasteiger charge is 1.98. The highest BCUT2D eigenvalue weighted by molar-refractivity contribution is 5.58. The van der Waals surface area contributed by atoms with E-state index >= 15 is 0 Å². The Morgan fingerprint density at radius 2 is 1.92 bits per heavy atom. The summed E-state index contributed by atoms with van der Waals surface area (Å²) in [4.78, 5) is 0. The third kappa shape index (κ3) is 3.19. The first kappa shape index (κ1) is 9.64. The van der Waals surface area contributed by atoms with Gasteiger partial charge in [-0.05, 0) is 18.6 Å². The summed E-state index contributed by atoms with van der Waals surface area (Å²) in [7, 11) is 0. The van der Waals surface area contributed by atoms with Crippen LogP contribution >= 0.6 is 0 Å². The fraction of sp³-hybridized carbons (Fsp3) is 0.222. The summed E-state index contributed by atoms with van der Waals surface area (Å²) in [6.07, 6.45) is 2.38. The van der Waals surface area contributed by atoms with E-state index in [0.717, 1.165) is 12.5 Å². The highest BCUT2D eigenvalue weighted by Crippen LogP contribution is 2.12. The van der Waals surface area contributed by atoms with Crippen molar-refractivity contribution in [3.05, 3.63) is 29.8 Å². The normalized spacial score (nSPS) is 10.7. The molecule has 1 aromatic rings. The third-order valence-electron chi connectivity index (χ3n) is 1.33. The molecule has 0 aliphatic heterocycles. The maximum Gasteiger partial charge on any atom is 0.128 e. The Balaban J connectivity index is 2.71. The van der Waals surface area contributed by atoms with Crippen LogP contribution in [-0.2, 0) is 0 Å². The molecule has 0 unspecified atom stereocenters. The number of hydrogen-bond donors (Lipinski definition) is 1. The van der Waals surface area contributed by atoms with Crippen LogP contribution in [0.4, 0.5) is 14.5 Å². The molecule has 0 saturated heterocycles. The summed E-state index contributed by atoms with van der Waals surface area (Å²) in [5.74, 6) is -1.23. The van der Waals surface area contributed by atoms with Crippen molar-refractivity contribution in [1.82, 2.24) is 0 Å². The second kappa shape index (κ2) is 4.54. The lowest BCUT2D eigenvalue weighted by atomic mass is 10.3. The van der Waals surface area contributed by atoms with Gasteiger partial charge >= 0.3 is 0 Å². The van der Waals surface area contributed by atoms with Crippen molar-refractivity contribution in [3.63, 3.8) is 0 Å². The van der Waals surface area contributed by atoms with Crippen molar-refractivity contribution in [2.24, 2.45) is 5.10 Å². The quantitative estimate of drug-likeness (QED) is 0.567. The highest BCUT2D eigenvalue weighted by atomic mass is 19.1. The van der Waals surface area contributed by atoms with E-state index < -0.39 is 11.6 Å². The number of nitrogens with zero attached hydrogens (tertiary/aromatic N) is 1. The predicted molar refractivity (Wildman–Crippen MR) is 48.8 cm³/mol. The molecule has 0 spiro atoms. The first-order chi connectivity index (χ1) is 6.22. The van der Waals surface area contributed by atoms with Gasteiger partial charge < -0.3 is 0 Å². The van der Waals surface area contributed by atoms with Crippen molar-refractivity contribution in [2.45, 2.75) is 13.3 Å². The van der Waals surface area contributed by atoms with Crippen LogP contribution in [0.15, 0.2) is 23.3 Å². The van der Waals surface area contributed by atoms with Gasteiger partial charge in [0.2, 0.25) is 0 Å². The van der Waals surface area contributed by atoms with Crippen molar-refractivity contribution in [1.29, 1.82) is 0 Å². The first-order valence-corrected chi connectivity index (χ1v) is 3.96. The Morgan fingerprint density at radius 3 is 2.46 bits per heavy atom. The van der Waals surface area contributed by atoms with Gasteiger partial charge in [0.05, 0.1) is 5.69 Å². The molecular weight excluding hydrogens is 174 g/mol. The summed E-state index contributed by atoms with van der Waals surface area (Å²) < 4.78 is 25.2. The monoisotopic (exact) mass is 184 g/mol. The lowest BCUT2D eigenvalue weighted by molar-refractivity contribution is 0.584. The maximum absolute atomic E-state index is 12.6. The van der Waals surface area contributed by atoms with Crippen LogP contribution in [0.5, 0.6) is 0 Å². The second-order valence-corrected chi connectivity index (χ2v) is 2.49. The Morgan fingerprint density at radius 1 is 1.31 bits per heavy atom. The van der Waals surface area contributed by atoms with Gasteiger partial charge in [0.15, 0.2) is 0 Å². The topological polar surface area (TPSA) is 24.4 Å². The van der Waals surface area contributed by atoms with E-state index in [-0.39, 0.29) is 0 Å². The van der Waals surface area contributed by atoms with E-state index in [9.17, 15) is 8.78 Å². The standard InChI is InChI=1S/C9H10F2N2/c1-2-3-12-13-9-5-7(10)4-8(11)6-9/h3-6,13H,2H2,1H3. The Kier molecular flexibility index (Phi) is 3.37. The Hall–Kier alpha value is -1.45. The zero-order chi connectivity index (χ0) is 9.68. The predicted octanol–water partition coefficient (Wildman–Crippen LogP) is 2.77. The summed E-state index contributed by atoms with van der Waals surface area (Å²) in [5, 5.41) is 3.73. The largest absolute Gasteiger partial charge is 0.279 e. The molecule has 70 valence electrons. The van der Waals surface area contributed by atoms with Crippen LogP contribution in [0.25, 0.3) is 0 Å². The van der Waals surface area contributed by atoms with Gasteiger partial charge in [0, 0.05) is 12.3 Å². The van der Waals surface area contributed by atoms with Gasteiger partial charge in [-0.25, -0.2) is 8.78 Å². The number of anilines is 1. The number of rotatable bonds is 3. The van der Waals surface area contributed by atoms with Crippen molar-refractivity contribution in [3.8, 4) is 0 Å². The van der Waals surface area contributed by atoms with Crippen molar-refractivity contribution < 1.29 is 8.78 Å². The molecule has 13 heavy (non-hydrogen) atoms. The average Bonchev–Trinajstić information content (AvgIpc) is 2.03. The van der Waals surface area contributed by atoms with Gasteiger partial charge in [-0.3, -0.25) is 5.43 Å². The SMILES string of the molecule is CCC=NNc1cc(F)cc(F)c1. The van der Waals surface area contributed by atoms with E-state index in [1.54, 1.807) is 6.21 Å². The van der Waals surface area contributed by atoms with E-state index in [2.05, 4.69) is 10.5 Å². The molecular formula is C9H10F2N2. The second-order valence-electron chi connectivity index (χ2n) is 2.49. The number of nitrogens with one attached hydrogen (secondary N) is 1. The molecule has 0 saturated carbocycles. The lowest BCUT2D eigenvalue weighted by Gasteiger charge is -1.99. The molecule has 1 rings (SSSR count). The van der Waals surface area contributed by atoms with Gasteiger partial charge in [-0.15, -0.1) is 0 Å². The summed E-state index contributed by atoms with van der Waals surface area (Å²) in [5.41, 5.74) is 2.82. The van der Waals surface area contributed by atoms with Gasteiger partial charge in [0.25, 0.3) is 0 Å². The molecule has 0 aliphatic carbocycles.